The first-order valence-corrected chi connectivity index (χ1v) is 6.05. The van der Waals surface area contributed by atoms with Crippen LogP contribution in [0.2, 0.25) is 5.02 Å². The first-order chi connectivity index (χ1) is 10.0. The van der Waals surface area contributed by atoms with Crippen LogP contribution >= 0.6 is 11.6 Å². The molecule has 8 heteroatoms. The molecule has 0 aliphatic heterocycles. The molecule has 2 rings (SSSR count). The van der Waals surface area contributed by atoms with E-state index in [1.54, 1.807) is 24.3 Å². The van der Waals surface area contributed by atoms with Gasteiger partial charge in [0.2, 0.25) is 0 Å². The molecule has 21 heavy (non-hydrogen) atoms. The zero-order valence-corrected chi connectivity index (χ0v) is 11.5. The number of hydrogen-bond acceptors (Lipinski definition) is 6. The quantitative estimate of drug-likeness (QED) is 0.489. The van der Waals surface area contributed by atoms with E-state index in [9.17, 15) is 14.9 Å². The number of carbonyl (C=O) groups is 1. The predicted octanol–water partition coefficient (Wildman–Crippen LogP) is 3.22. The van der Waals surface area contributed by atoms with Crippen molar-refractivity contribution in [1.29, 1.82) is 0 Å². The molecule has 0 radical (unpaired) electrons. The molecule has 1 aromatic carbocycles. The van der Waals surface area contributed by atoms with Gasteiger partial charge in [0, 0.05) is 17.3 Å². The number of hydrogen-bond donors (Lipinski definition) is 0. The molecule has 0 aliphatic carbocycles. The lowest BCUT2D eigenvalue weighted by atomic mass is 10.2. The Balaban J connectivity index is 2.36. The van der Waals surface area contributed by atoms with Gasteiger partial charge < -0.3 is 9.47 Å². The Morgan fingerprint density at radius 3 is 2.57 bits per heavy atom. The molecule has 0 amide bonds. The first-order valence-electron chi connectivity index (χ1n) is 5.67. The number of nitro groups is 1. The van der Waals surface area contributed by atoms with Gasteiger partial charge >= 0.3 is 11.7 Å². The number of benzene rings is 1. The second-order valence-corrected chi connectivity index (χ2v) is 4.29. The summed E-state index contributed by atoms with van der Waals surface area (Å²) in [6, 6.07) is 7.28. The van der Waals surface area contributed by atoms with Gasteiger partial charge in [0.15, 0.2) is 0 Å². The Morgan fingerprint density at radius 1 is 1.33 bits per heavy atom. The van der Waals surface area contributed by atoms with E-state index in [0.29, 0.717) is 10.8 Å². The first kappa shape index (κ1) is 14.7. The summed E-state index contributed by atoms with van der Waals surface area (Å²) < 4.78 is 9.82. The van der Waals surface area contributed by atoms with E-state index in [0.717, 1.165) is 12.3 Å². The van der Waals surface area contributed by atoms with Crippen LogP contribution in [0.25, 0.3) is 0 Å². The van der Waals surface area contributed by atoms with E-state index in [-0.39, 0.29) is 11.4 Å². The fourth-order valence-electron chi connectivity index (χ4n) is 1.49. The number of methoxy groups -OCH3 is 1. The summed E-state index contributed by atoms with van der Waals surface area (Å²) in [6.45, 7) is 0. The van der Waals surface area contributed by atoms with Crippen LogP contribution in [-0.4, -0.2) is 23.0 Å². The normalized spacial score (nSPS) is 10.0. The molecule has 7 nitrogen and oxygen atoms in total. The summed E-state index contributed by atoms with van der Waals surface area (Å²) >= 11 is 5.74. The van der Waals surface area contributed by atoms with Gasteiger partial charge in [-0.2, -0.15) is 0 Å². The largest absolute Gasteiger partial charge is 0.465 e. The van der Waals surface area contributed by atoms with Gasteiger partial charge in [0.05, 0.1) is 17.6 Å². The van der Waals surface area contributed by atoms with Crippen molar-refractivity contribution >= 4 is 23.3 Å². The number of rotatable bonds is 4. The third kappa shape index (κ3) is 3.46. The summed E-state index contributed by atoms with van der Waals surface area (Å²) in [6.07, 6.45) is 1.14. The summed E-state index contributed by atoms with van der Waals surface area (Å²) in [5.41, 5.74) is -0.472. The van der Waals surface area contributed by atoms with E-state index in [2.05, 4.69) is 9.72 Å². The summed E-state index contributed by atoms with van der Waals surface area (Å²) in [7, 11) is 1.17. The number of nitrogens with zero attached hydrogens (tertiary/aromatic N) is 2. The van der Waals surface area contributed by atoms with Crippen molar-refractivity contribution < 1.29 is 19.2 Å². The Hall–Kier alpha value is -2.67. The van der Waals surface area contributed by atoms with Crippen molar-refractivity contribution in [2.45, 2.75) is 0 Å². The van der Waals surface area contributed by atoms with Crippen molar-refractivity contribution in [3.8, 4) is 11.6 Å². The van der Waals surface area contributed by atoms with Gasteiger partial charge in [-0.3, -0.25) is 10.1 Å². The van der Waals surface area contributed by atoms with Crippen LogP contribution in [0.3, 0.4) is 0 Å². The van der Waals surface area contributed by atoms with Crippen molar-refractivity contribution in [3.63, 3.8) is 0 Å². The second kappa shape index (κ2) is 6.19. The van der Waals surface area contributed by atoms with Gasteiger partial charge in [0.25, 0.3) is 5.88 Å². The number of ether oxygens (including phenoxy) is 2. The van der Waals surface area contributed by atoms with Crippen LogP contribution in [0.15, 0.2) is 36.5 Å². The maximum atomic E-state index is 11.4. The molecule has 0 N–H and O–H groups in total. The zero-order valence-electron chi connectivity index (χ0n) is 10.8. The van der Waals surface area contributed by atoms with Crippen LogP contribution in [-0.2, 0) is 4.74 Å². The van der Waals surface area contributed by atoms with E-state index in [4.69, 9.17) is 16.3 Å². The summed E-state index contributed by atoms with van der Waals surface area (Å²) in [4.78, 5) is 25.5. The molecule has 0 saturated carbocycles. The number of carbonyl (C=O) groups excluding carboxylic acids is 1. The second-order valence-electron chi connectivity index (χ2n) is 3.85. The highest BCUT2D eigenvalue weighted by molar-refractivity contribution is 6.30. The lowest BCUT2D eigenvalue weighted by Crippen LogP contribution is -2.04. The molecule has 0 atom stereocenters. The Morgan fingerprint density at radius 2 is 2.00 bits per heavy atom. The van der Waals surface area contributed by atoms with Crippen molar-refractivity contribution in [2.75, 3.05) is 7.11 Å². The number of esters is 1. The van der Waals surface area contributed by atoms with Crippen molar-refractivity contribution in [2.24, 2.45) is 0 Å². The van der Waals surface area contributed by atoms with E-state index >= 15 is 0 Å². The molecular weight excluding hydrogens is 300 g/mol. The molecule has 1 aromatic heterocycles. The lowest BCUT2D eigenvalue weighted by Gasteiger charge is -2.06. The van der Waals surface area contributed by atoms with E-state index in [1.807, 2.05) is 0 Å². The lowest BCUT2D eigenvalue weighted by molar-refractivity contribution is -0.386. The standard InChI is InChI=1S/C13H9ClN2O5/c1-20-13(17)8-6-11(16(18)19)12(15-7-8)21-10-4-2-9(14)3-5-10/h2-7H,1H3. The highest BCUT2D eigenvalue weighted by Gasteiger charge is 2.21. The SMILES string of the molecule is COC(=O)c1cnc(Oc2ccc(Cl)cc2)c([N+](=O)[O-])c1. The average molecular weight is 309 g/mol. The zero-order chi connectivity index (χ0) is 15.4. The topological polar surface area (TPSA) is 91.6 Å². The van der Waals surface area contributed by atoms with Crippen LogP contribution in [0, 0.1) is 10.1 Å². The maximum Gasteiger partial charge on any atom is 0.339 e. The van der Waals surface area contributed by atoms with Crippen LogP contribution in [0.1, 0.15) is 10.4 Å². The number of pyridine rings is 1. The molecular formula is C13H9ClN2O5. The van der Waals surface area contributed by atoms with Crippen molar-refractivity contribution in [3.05, 3.63) is 57.2 Å². The fourth-order valence-corrected chi connectivity index (χ4v) is 1.62. The Kier molecular flexibility index (Phi) is 4.34. The minimum absolute atomic E-state index is 0.0346. The highest BCUT2D eigenvalue weighted by Crippen LogP contribution is 2.30. The van der Waals surface area contributed by atoms with Gasteiger partial charge in [-0.15, -0.1) is 0 Å². The Labute approximate surface area is 124 Å². The minimum Gasteiger partial charge on any atom is -0.465 e. The smallest absolute Gasteiger partial charge is 0.339 e. The van der Waals surface area contributed by atoms with Crippen LogP contribution in [0.4, 0.5) is 5.69 Å². The predicted molar refractivity (Wildman–Crippen MR) is 73.8 cm³/mol. The monoisotopic (exact) mass is 308 g/mol. The molecule has 0 unspecified atom stereocenters. The molecule has 0 fully saturated rings. The molecule has 0 bridgehead atoms. The molecule has 2 aromatic rings. The molecule has 0 aliphatic rings. The van der Waals surface area contributed by atoms with Crippen LogP contribution < -0.4 is 4.74 Å². The van der Waals surface area contributed by atoms with Gasteiger partial charge in [-0.25, -0.2) is 9.78 Å². The third-order valence-electron chi connectivity index (χ3n) is 2.48. The third-order valence-corrected chi connectivity index (χ3v) is 2.73. The van der Waals surface area contributed by atoms with E-state index in [1.165, 1.54) is 7.11 Å². The van der Waals surface area contributed by atoms with E-state index < -0.39 is 16.6 Å². The van der Waals surface area contributed by atoms with Gasteiger partial charge in [0.1, 0.15) is 5.75 Å². The van der Waals surface area contributed by atoms with Gasteiger partial charge in [-0.1, -0.05) is 11.6 Å². The Bertz CT molecular complexity index is 687. The van der Waals surface area contributed by atoms with Gasteiger partial charge in [-0.05, 0) is 24.3 Å². The minimum atomic E-state index is -0.719. The molecule has 0 spiro atoms. The summed E-state index contributed by atoms with van der Waals surface area (Å²) in [5, 5.41) is 11.5. The summed E-state index contributed by atoms with van der Waals surface area (Å²) in [5.74, 6) is -0.612. The molecule has 0 saturated heterocycles. The maximum absolute atomic E-state index is 11.4. The fraction of sp³-hybridized carbons (Fsp3) is 0.0769. The highest BCUT2D eigenvalue weighted by atomic mass is 35.5. The van der Waals surface area contributed by atoms with Crippen molar-refractivity contribution in [1.82, 2.24) is 4.98 Å². The average Bonchev–Trinajstić information content (AvgIpc) is 2.49. The molecule has 1 heterocycles. The number of halogens is 1. The molecule has 108 valence electrons. The number of aromatic nitrogens is 1. The van der Waals surface area contributed by atoms with Crippen LogP contribution in [0.5, 0.6) is 11.6 Å².